The second-order valence-corrected chi connectivity index (χ2v) is 6.52. The third-order valence-corrected chi connectivity index (χ3v) is 5.08. The summed E-state index contributed by atoms with van der Waals surface area (Å²) in [6.07, 6.45) is -4.40. The van der Waals surface area contributed by atoms with Gasteiger partial charge in [0.15, 0.2) is 5.72 Å². The number of fused-ring (bicyclic) bond motifs is 1. The van der Waals surface area contributed by atoms with Gasteiger partial charge in [0.25, 0.3) is 0 Å². The number of hydrogen-bond donors (Lipinski definition) is 0. The number of ether oxygens (including phenoxy) is 2. The van der Waals surface area contributed by atoms with Crippen LogP contribution in [0.2, 0.25) is 0 Å². The molecule has 2 fully saturated rings. The smallest absolute Gasteiger partial charge is 0.408 e. The van der Waals surface area contributed by atoms with Gasteiger partial charge in [-0.05, 0) is 37.6 Å². The zero-order valence-corrected chi connectivity index (χ0v) is 14.4. The lowest BCUT2D eigenvalue weighted by Crippen LogP contribution is -2.52. The highest BCUT2D eigenvalue weighted by atomic mass is 19.4. The topological polar surface area (TPSA) is 40.2 Å². The van der Waals surface area contributed by atoms with Gasteiger partial charge in [-0.3, -0.25) is 0 Å². The molecule has 0 spiro atoms. The Balaban J connectivity index is 1.94. The molecule has 2 heterocycles. The summed E-state index contributed by atoms with van der Waals surface area (Å²) in [5, 5.41) is 0. The zero-order valence-electron chi connectivity index (χ0n) is 14.4. The second kappa shape index (κ2) is 6.66. The summed E-state index contributed by atoms with van der Waals surface area (Å²) in [5.74, 6) is 0.172. The number of rotatable bonds is 5. The summed E-state index contributed by atoms with van der Waals surface area (Å²) in [5.41, 5.74) is -0.767. The van der Waals surface area contributed by atoms with Crippen molar-refractivity contribution in [2.75, 3.05) is 25.7 Å². The predicted molar refractivity (Wildman–Crippen MR) is 84.3 cm³/mol. The first-order valence-electron chi connectivity index (χ1n) is 8.14. The molecule has 2 aliphatic heterocycles. The van der Waals surface area contributed by atoms with E-state index >= 15 is 0 Å². The van der Waals surface area contributed by atoms with Crippen LogP contribution in [0.4, 0.5) is 18.9 Å². The molecule has 1 aromatic rings. The lowest BCUT2D eigenvalue weighted by Gasteiger charge is -2.38. The summed E-state index contributed by atoms with van der Waals surface area (Å²) in [4.78, 5) is 12.1. The zero-order chi connectivity index (χ0) is 18.2. The third kappa shape index (κ3) is 3.18. The minimum absolute atomic E-state index is 0.0829. The summed E-state index contributed by atoms with van der Waals surface area (Å²) in [6.45, 7) is 2.06. The molecule has 4 atom stereocenters. The van der Waals surface area contributed by atoms with E-state index in [-0.39, 0.29) is 6.42 Å². The largest absolute Gasteiger partial charge is 0.497 e. The van der Waals surface area contributed by atoms with Crippen LogP contribution in [0.15, 0.2) is 24.3 Å². The Morgan fingerprint density at radius 2 is 1.92 bits per heavy atom. The van der Waals surface area contributed by atoms with E-state index in [4.69, 9.17) is 19.2 Å². The molecule has 0 aromatic heterocycles. The van der Waals surface area contributed by atoms with E-state index < -0.39 is 30.0 Å². The standard InChI is InChI=1S/C17H22F3NO4/c1-16-13(14(24-25-16)8-9-22-2)10-15(17(18,19)20)21(16)11-4-6-12(23-3)7-5-11/h4-7,13-15H,8-10H2,1-3H3/t13-,14?,15?,16+/m0/s1. The van der Waals surface area contributed by atoms with Crippen molar-refractivity contribution in [3.63, 3.8) is 0 Å². The highest BCUT2D eigenvalue weighted by Crippen LogP contribution is 2.53. The van der Waals surface area contributed by atoms with Gasteiger partial charge in [-0.2, -0.15) is 13.2 Å². The molecule has 0 bridgehead atoms. The van der Waals surface area contributed by atoms with Gasteiger partial charge in [0, 0.05) is 31.7 Å². The SMILES string of the molecule is COCCC1OO[C@]2(C)[C@H]1CC(C(F)(F)F)N2c1ccc(OC)cc1. The van der Waals surface area contributed by atoms with Crippen LogP contribution < -0.4 is 9.64 Å². The van der Waals surface area contributed by atoms with Gasteiger partial charge in [0.2, 0.25) is 0 Å². The number of anilines is 1. The lowest BCUT2D eigenvalue weighted by molar-refractivity contribution is -0.325. The maximum Gasteiger partial charge on any atom is 0.408 e. The molecule has 2 saturated heterocycles. The average molecular weight is 361 g/mol. The van der Waals surface area contributed by atoms with E-state index in [1.54, 1.807) is 38.3 Å². The van der Waals surface area contributed by atoms with Gasteiger partial charge in [-0.25, -0.2) is 9.78 Å². The van der Waals surface area contributed by atoms with E-state index in [0.717, 1.165) is 0 Å². The van der Waals surface area contributed by atoms with Crippen molar-refractivity contribution >= 4 is 5.69 Å². The van der Waals surface area contributed by atoms with Crippen LogP contribution in [0.5, 0.6) is 5.75 Å². The lowest BCUT2D eigenvalue weighted by atomic mass is 9.90. The van der Waals surface area contributed by atoms with E-state index in [9.17, 15) is 13.2 Å². The molecule has 2 unspecified atom stereocenters. The van der Waals surface area contributed by atoms with Gasteiger partial charge in [-0.15, -0.1) is 0 Å². The molecular formula is C17H22F3NO4. The second-order valence-electron chi connectivity index (χ2n) is 6.52. The fourth-order valence-corrected chi connectivity index (χ4v) is 3.82. The first-order valence-corrected chi connectivity index (χ1v) is 8.14. The van der Waals surface area contributed by atoms with Crippen LogP contribution in [-0.4, -0.2) is 44.9 Å². The molecule has 0 N–H and O–H groups in total. The van der Waals surface area contributed by atoms with Crippen LogP contribution in [0, 0.1) is 5.92 Å². The molecule has 140 valence electrons. The van der Waals surface area contributed by atoms with Crippen LogP contribution in [0.3, 0.4) is 0 Å². The maximum absolute atomic E-state index is 13.7. The van der Waals surface area contributed by atoms with Crippen LogP contribution >= 0.6 is 0 Å². The minimum atomic E-state index is -4.37. The van der Waals surface area contributed by atoms with Crippen molar-refractivity contribution in [2.24, 2.45) is 5.92 Å². The number of benzene rings is 1. The van der Waals surface area contributed by atoms with E-state index in [1.807, 2.05) is 0 Å². The van der Waals surface area contributed by atoms with E-state index in [2.05, 4.69) is 0 Å². The Hall–Kier alpha value is -1.51. The maximum atomic E-state index is 13.7. The molecule has 0 radical (unpaired) electrons. The summed E-state index contributed by atoms with van der Waals surface area (Å²) >= 11 is 0. The van der Waals surface area contributed by atoms with E-state index in [0.29, 0.717) is 24.5 Å². The highest BCUT2D eigenvalue weighted by Gasteiger charge is 2.65. The molecule has 0 aliphatic carbocycles. The predicted octanol–water partition coefficient (Wildman–Crippen LogP) is 3.54. The minimum Gasteiger partial charge on any atom is -0.497 e. The van der Waals surface area contributed by atoms with Crippen molar-refractivity contribution in [1.82, 2.24) is 0 Å². The summed E-state index contributed by atoms with van der Waals surface area (Å²) in [6, 6.07) is 4.86. The number of methoxy groups -OCH3 is 2. The quantitative estimate of drug-likeness (QED) is 0.751. The van der Waals surface area contributed by atoms with Gasteiger partial charge in [0.05, 0.1) is 7.11 Å². The van der Waals surface area contributed by atoms with Crippen LogP contribution in [0.25, 0.3) is 0 Å². The molecule has 3 rings (SSSR count). The number of alkyl halides is 3. The third-order valence-electron chi connectivity index (χ3n) is 5.08. The van der Waals surface area contributed by atoms with Gasteiger partial charge < -0.3 is 14.4 Å². The Labute approximate surface area is 144 Å². The van der Waals surface area contributed by atoms with Crippen molar-refractivity contribution in [1.29, 1.82) is 0 Å². The number of halogens is 3. The Morgan fingerprint density at radius 3 is 2.48 bits per heavy atom. The highest BCUT2D eigenvalue weighted by molar-refractivity contribution is 5.54. The monoisotopic (exact) mass is 361 g/mol. The Kier molecular flexibility index (Phi) is 4.87. The number of hydrogen-bond acceptors (Lipinski definition) is 5. The summed E-state index contributed by atoms with van der Waals surface area (Å²) in [7, 11) is 3.06. The van der Waals surface area contributed by atoms with Crippen molar-refractivity contribution in [3.8, 4) is 5.75 Å². The Morgan fingerprint density at radius 1 is 1.24 bits per heavy atom. The molecule has 25 heavy (non-hydrogen) atoms. The van der Waals surface area contributed by atoms with Gasteiger partial charge in [0.1, 0.15) is 17.9 Å². The van der Waals surface area contributed by atoms with Gasteiger partial charge >= 0.3 is 6.18 Å². The van der Waals surface area contributed by atoms with Crippen LogP contribution in [0.1, 0.15) is 19.8 Å². The molecule has 8 heteroatoms. The normalized spacial score (nSPS) is 32.1. The average Bonchev–Trinajstić information content (AvgIpc) is 3.05. The molecule has 2 aliphatic rings. The van der Waals surface area contributed by atoms with Gasteiger partial charge in [-0.1, -0.05) is 0 Å². The molecule has 1 aromatic carbocycles. The van der Waals surface area contributed by atoms with Crippen molar-refractivity contribution < 1.29 is 32.4 Å². The Bertz CT molecular complexity index is 595. The fraction of sp³-hybridized carbons (Fsp3) is 0.647. The first kappa shape index (κ1) is 18.3. The van der Waals surface area contributed by atoms with Crippen LogP contribution in [-0.2, 0) is 14.5 Å². The van der Waals surface area contributed by atoms with E-state index in [1.165, 1.54) is 12.0 Å². The number of nitrogens with zero attached hydrogens (tertiary/aromatic N) is 1. The van der Waals surface area contributed by atoms with Crippen molar-refractivity contribution in [3.05, 3.63) is 24.3 Å². The fourth-order valence-electron chi connectivity index (χ4n) is 3.82. The summed E-state index contributed by atoms with van der Waals surface area (Å²) < 4.78 is 51.3. The molecule has 0 saturated carbocycles. The molecular weight excluding hydrogens is 339 g/mol. The molecule has 5 nitrogen and oxygen atoms in total. The first-order chi connectivity index (χ1) is 11.8. The molecule has 0 amide bonds. The van der Waals surface area contributed by atoms with Crippen molar-refractivity contribution in [2.45, 2.75) is 43.8 Å².